The molecule has 164 valence electrons. The van der Waals surface area contributed by atoms with Gasteiger partial charge in [0, 0.05) is 10.9 Å². The molecule has 4 aromatic rings. The van der Waals surface area contributed by atoms with Crippen molar-refractivity contribution < 1.29 is 24.2 Å². The number of carboxylic acid groups (broad SMARTS) is 1. The van der Waals surface area contributed by atoms with Crippen molar-refractivity contribution in [2.24, 2.45) is 0 Å². The Labute approximate surface area is 190 Å². The lowest BCUT2D eigenvalue weighted by Gasteiger charge is -2.18. The standard InChI is InChI=1S/C26H24O5S/c27-16-23-20(21-12-7-13-22(25(21)31-23)30-17-24(28)29)14-15-32-26(18-8-3-1-4-9-18)19-10-5-2-6-11-19/h1-13,26-27H,14-17H2,(H,28,29)/p-1. The Morgan fingerprint density at radius 1 is 0.969 bits per heavy atom. The summed E-state index contributed by atoms with van der Waals surface area (Å²) in [6, 6.07) is 26.1. The molecule has 4 rings (SSSR count). The Morgan fingerprint density at radius 2 is 1.62 bits per heavy atom. The molecule has 0 unspecified atom stereocenters. The molecule has 0 aliphatic carbocycles. The third kappa shape index (κ3) is 4.98. The lowest BCUT2D eigenvalue weighted by Crippen LogP contribution is -2.28. The molecule has 0 atom stereocenters. The van der Waals surface area contributed by atoms with Gasteiger partial charge in [0.15, 0.2) is 11.3 Å². The molecule has 0 bridgehead atoms. The van der Waals surface area contributed by atoms with Crippen molar-refractivity contribution in [3.8, 4) is 5.75 Å². The first-order valence-electron chi connectivity index (χ1n) is 10.4. The number of carbonyl (C=O) groups is 1. The second kappa shape index (κ2) is 10.4. The van der Waals surface area contributed by atoms with E-state index >= 15 is 0 Å². The molecule has 0 saturated carbocycles. The Bertz CT molecular complexity index is 1130. The zero-order chi connectivity index (χ0) is 22.3. The van der Waals surface area contributed by atoms with Gasteiger partial charge in [0.1, 0.15) is 19.0 Å². The summed E-state index contributed by atoms with van der Waals surface area (Å²) in [6.45, 7) is -0.801. The zero-order valence-electron chi connectivity index (χ0n) is 17.4. The van der Waals surface area contributed by atoms with E-state index in [1.54, 1.807) is 12.1 Å². The maximum Gasteiger partial charge on any atom is 0.176 e. The minimum atomic E-state index is -1.31. The van der Waals surface area contributed by atoms with Gasteiger partial charge in [-0.3, -0.25) is 0 Å². The first-order valence-corrected chi connectivity index (χ1v) is 11.4. The maximum absolute atomic E-state index is 10.8. The van der Waals surface area contributed by atoms with Crippen LogP contribution < -0.4 is 9.84 Å². The largest absolute Gasteiger partial charge is 0.546 e. The van der Waals surface area contributed by atoms with E-state index in [4.69, 9.17) is 9.15 Å². The SMILES string of the molecule is O=C([O-])COc1cccc2c(CCSC(c3ccccc3)c3ccccc3)c(CO)oc12. The molecule has 1 N–H and O–H groups in total. The molecule has 1 aromatic heterocycles. The summed E-state index contributed by atoms with van der Waals surface area (Å²) in [6.07, 6.45) is 0.688. The lowest BCUT2D eigenvalue weighted by molar-refractivity contribution is -0.307. The number of carbonyl (C=O) groups excluding carboxylic acids is 1. The van der Waals surface area contributed by atoms with E-state index in [0.29, 0.717) is 23.5 Å². The number of para-hydroxylation sites is 1. The summed E-state index contributed by atoms with van der Waals surface area (Å²) in [7, 11) is 0. The van der Waals surface area contributed by atoms with Crippen LogP contribution in [0.2, 0.25) is 0 Å². The van der Waals surface area contributed by atoms with Gasteiger partial charge in [-0.05, 0) is 29.4 Å². The first-order chi connectivity index (χ1) is 15.7. The number of ether oxygens (including phenoxy) is 1. The Kier molecular flexibility index (Phi) is 7.14. The van der Waals surface area contributed by atoms with Gasteiger partial charge in [0.05, 0.1) is 11.2 Å². The second-order valence-corrected chi connectivity index (χ2v) is 8.49. The third-order valence-corrected chi connectivity index (χ3v) is 6.51. The summed E-state index contributed by atoms with van der Waals surface area (Å²) in [4.78, 5) is 10.8. The van der Waals surface area contributed by atoms with Gasteiger partial charge in [-0.1, -0.05) is 72.8 Å². The van der Waals surface area contributed by atoms with Crippen molar-refractivity contribution in [2.45, 2.75) is 18.3 Å². The number of aryl methyl sites for hydroxylation is 1. The number of aliphatic carboxylic acids is 1. The van der Waals surface area contributed by atoms with Crippen LogP contribution in [0.1, 0.15) is 27.7 Å². The van der Waals surface area contributed by atoms with Gasteiger partial charge in [0.25, 0.3) is 0 Å². The topological polar surface area (TPSA) is 82.7 Å². The summed E-state index contributed by atoms with van der Waals surface area (Å²) >= 11 is 1.83. The molecule has 0 saturated heterocycles. The van der Waals surface area contributed by atoms with E-state index in [0.717, 1.165) is 16.7 Å². The summed E-state index contributed by atoms with van der Waals surface area (Å²) in [5.74, 6) is 0.300. The lowest BCUT2D eigenvalue weighted by atomic mass is 10.0. The van der Waals surface area contributed by atoms with Crippen LogP contribution >= 0.6 is 11.8 Å². The van der Waals surface area contributed by atoms with E-state index in [1.807, 2.05) is 54.2 Å². The highest BCUT2D eigenvalue weighted by Crippen LogP contribution is 2.38. The number of aliphatic hydroxyl groups excluding tert-OH is 1. The molecule has 1 heterocycles. The zero-order valence-corrected chi connectivity index (χ0v) is 18.2. The van der Waals surface area contributed by atoms with Crippen molar-refractivity contribution in [3.63, 3.8) is 0 Å². The molecule has 0 amide bonds. The van der Waals surface area contributed by atoms with Gasteiger partial charge in [0.2, 0.25) is 0 Å². The number of rotatable bonds is 10. The van der Waals surface area contributed by atoms with Gasteiger partial charge >= 0.3 is 0 Å². The molecule has 0 radical (unpaired) electrons. The molecule has 5 nitrogen and oxygen atoms in total. The number of thioether (sulfide) groups is 1. The highest BCUT2D eigenvalue weighted by atomic mass is 32.2. The molecule has 0 aliphatic heterocycles. The molecule has 0 fully saturated rings. The fourth-order valence-corrected chi connectivity index (χ4v) is 5.02. The van der Waals surface area contributed by atoms with E-state index in [-0.39, 0.29) is 11.9 Å². The fraction of sp³-hybridized carbons (Fsp3) is 0.192. The van der Waals surface area contributed by atoms with Crippen LogP contribution in [0, 0.1) is 0 Å². The highest BCUT2D eigenvalue weighted by Gasteiger charge is 2.19. The third-order valence-electron chi connectivity index (χ3n) is 5.20. The monoisotopic (exact) mass is 447 g/mol. The molecular weight excluding hydrogens is 424 g/mol. The van der Waals surface area contributed by atoms with Crippen molar-refractivity contribution in [3.05, 3.63) is 101 Å². The smallest absolute Gasteiger partial charge is 0.176 e. The quantitative estimate of drug-likeness (QED) is 0.394. The highest BCUT2D eigenvalue weighted by molar-refractivity contribution is 7.99. The van der Waals surface area contributed by atoms with Gasteiger partial charge in [-0.2, -0.15) is 0 Å². The average Bonchev–Trinajstić information content (AvgIpc) is 3.20. The first kappa shape index (κ1) is 22.0. The van der Waals surface area contributed by atoms with Crippen LogP contribution in [0.15, 0.2) is 83.3 Å². The van der Waals surface area contributed by atoms with Crippen molar-refractivity contribution in [2.75, 3.05) is 12.4 Å². The van der Waals surface area contributed by atoms with Crippen LogP contribution in [-0.4, -0.2) is 23.4 Å². The number of furan rings is 1. The van der Waals surface area contributed by atoms with E-state index < -0.39 is 12.6 Å². The normalized spacial score (nSPS) is 11.2. The number of hydrogen-bond acceptors (Lipinski definition) is 6. The van der Waals surface area contributed by atoms with Crippen LogP contribution in [0.5, 0.6) is 5.75 Å². The minimum absolute atomic E-state index is 0.190. The van der Waals surface area contributed by atoms with E-state index in [9.17, 15) is 15.0 Å². The van der Waals surface area contributed by atoms with E-state index in [2.05, 4.69) is 24.3 Å². The summed E-state index contributed by atoms with van der Waals surface area (Å²) in [5, 5.41) is 21.6. The summed E-state index contributed by atoms with van der Waals surface area (Å²) in [5.41, 5.74) is 3.83. The van der Waals surface area contributed by atoms with Crippen LogP contribution in [0.25, 0.3) is 11.0 Å². The Hall–Kier alpha value is -3.22. The number of benzene rings is 3. The molecule has 32 heavy (non-hydrogen) atoms. The predicted octanol–water partition coefficient (Wildman–Crippen LogP) is 4.12. The number of aliphatic hydroxyl groups is 1. The summed E-state index contributed by atoms with van der Waals surface area (Å²) < 4.78 is 11.2. The number of fused-ring (bicyclic) bond motifs is 1. The van der Waals surface area contributed by atoms with Crippen molar-refractivity contribution >= 4 is 28.7 Å². The van der Waals surface area contributed by atoms with Crippen molar-refractivity contribution in [1.29, 1.82) is 0 Å². The number of carboxylic acids is 1. The van der Waals surface area contributed by atoms with Crippen LogP contribution in [-0.2, 0) is 17.8 Å². The molecule has 0 aliphatic rings. The van der Waals surface area contributed by atoms with Gasteiger partial charge in [-0.15, -0.1) is 11.8 Å². The molecule has 6 heteroatoms. The Morgan fingerprint density at radius 3 is 2.22 bits per heavy atom. The predicted molar refractivity (Wildman–Crippen MR) is 124 cm³/mol. The molecule has 0 spiro atoms. The number of hydrogen-bond donors (Lipinski definition) is 1. The van der Waals surface area contributed by atoms with Gasteiger partial charge < -0.3 is 24.2 Å². The average molecular weight is 448 g/mol. The van der Waals surface area contributed by atoms with E-state index in [1.165, 1.54) is 11.1 Å². The molecule has 3 aromatic carbocycles. The van der Waals surface area contributed by atoms with Crippen LogP contribution in [0.3, 0.4) is 0 Å². The molecular formula is C26H23O5S-. The van der Waals surface area contributed by atoms with Crippen LogP contribution in [0.4, 0.5) is 0 Å². The minimum Gasteiger partial charge on any atom is -0.546 e. The van der Waals surface area contributed by atoms with Gasteiger partial charge in [-0.25, -0.2) is 0 Å². The Balaban J connectivity index is 1.56. The second-order valence-electron chi connectivity index (χ2n) is 7.28. The van der Waals surface area contributed by atoms with Crippen molar-refractivity contribution in [1.82, 2.24) is 0 Å². The maximum atomic E-state index is 10.8. The fourth-order valence-electron chi connectivity index (χ4n) is 3.77.